The number of primary amides is 1. The predicted octanol–water partition coefficient (Wildman–Crippen LogP) is 2.01. The molecule has 7 nitrogen and oxygen atoms in total. The van der Waals surface area contributed by atoms with E-state index in [0.717, 1.165) is 6.08 Å². The van der Waals surface area contributed by atoms with Gasteiger partial charge in [0.05, 0.1) is 31.8 Å². The van der Waals surface area contributed by atoms with E-state index in [4.69, 9.17) is 19.9 Å². The monoisotopic (exact) mass is 377 g/mol. The van der Waals surface area contributed by atoms with Gasteiger partial charge in [-0.25, -0.2) is 8.42 Å². The third kappa shape index (κ3) is 3.80. The van der Waals surface area contributed by atoms with E-state index in [0.29, 0.717) is 5.75 Å². The highest BCUT2D eigenvalue weighted by Crippen LogP contribution is 2.36. The smallest absolute Gasteiger partial charge is 0.260 e. The van der Waals surface area contributed by atoms with Crippen molar-refractivity contribution in [1.82, 2.24) is 0 Å². The summed E-state index contributed by atoms with van der Waals surface area (Å²) in [5.74, 6) is -0.109. The van der Waals surface area contributed by atoms with Crippen LogP contribution in [0.5, 0.6) is 17.2 Å². The molecule has 0 heterocycles. The van der Waals surface area contributed by atoms with E-state index >= 15 is 0 Å². The van der Waals surface area contributed by atoms with Crippen LogP contribution in [-0.2, 0) is 14.6 Å². The molecule has 0 saturated carbocycles. The number of hydrogen-bond acceptors (Lipinski definition) is 6. The lowest BCUT2D eigenvalue weighted by Gasteiger charge is -2.14. The maximum Gasteiger partial charge on any atom is 0.260 e. The number of sulfone groups is 1. The van der Waals surface area contributed by atoms with Crippen LogP contribution in [0.2, 0.25) is 0 Å². The largest absolute Gasteiger partial charge is 0.496 e. The molecular formula is C18H19NO6S. The molecule has 0 aromatic heterocycles. The minimum Gasteiger partial charge on any atom is -0.496 e. The van der Waals surface area contributed by atoms with Crippen molar-refractivity contribution in [3.8, 4) is 17.2 Å². The van der Waals surface area contributed by atoms with Crippen LogP contribution in [-0.4, -0.2) is 35.7 Å². The average molecular weight is 377 g/mol. The minimum atomic E-state index is -4.12. The average Bonchev–Trinajstić information content (AvgIpc) is 2.65. The van der Waals surface area contributed by atoms with Crippen LogP contribution in [0, 0.1) is 0 Å². The minimum absolute atomic E-state index is 0.0449. The molecule has 0 aliphatic rings. The van der Waals surface area contributed by atoms with E-state index in [-0.39, 0.29) is 22.0 Å². The molecule has 0 atom stereocenters. The zero-order valence-corrected chi connectivity index (χ0v) is 15.4. The van der Waals surface area contributed by atoms with Crippen LogP contribution in [0.4, 0.5) is 0 Å². The molecule has 1 amide bonds. The number of methoxy groups -OCH3 is 3. The molecule has 2 N–H and O–H groups in total. The van der Waals surface area contributed by atoms with E-state index in [9.17, 15) is 13.2 Å². The molecule has 2 aromatic rings. The summed E-state index contributed by atoms with van der Waals surface area (Å²) < 4.78 is 41.4. The van der Waals surface area contributed by atoms with Crippen molar-refractivity contribution in [3.05, 3.63) is 52.9 Å². The van der Waals surface area contributed by atoms with Crippen molar-refractivity contribution in [3.63, 3.8) is 0 Å². The topological polar surface area (TPSA) is 105 Å². The Bertz CT molecular complexity index is 910. The Hall–Kier alpha value is -3.00. The number of carbonyl (C=O) groups is 1. The van der Waals surface area contributed by atoms with Gasteiger partial charge < -0.3 is 19.9 Å². The van der Waals surface area contributed by atoms with Crippen molar-refractivity contribution in [2.75, 3.05) is 21.3 Å². The molecule has 0 aliphatic heterocycles. The quantitative estimate of drug-likeness (QED) is 0.740. The standard InChI is InChI=1S/C18H19NO6S/c1-23-12-9-15(24-2)14(16(10-12)25-3)11-17(18(19)20)26(21,22)13-7-5-4-6-8-13/h4-11H,1-3H3,(H2,19,20). The number of amides is 1. The Balaban J connectivity index is 2.73. The normalized spacial score (nSPS) is 11.7. The molecule has 0 aliphatic carbocycles. The van der Waals surface area contributed by atoms with E-state index < -0.39 is 20.6 Å². The lowest BCUT2D eigenvalue weighted by atomic mass is 10.1. The fourth-order valence-corrected chi connectivity index (χ4v) is 3.62. The molecule has 0 radical (unpaired) electrons. The molecule has 2 aromatic carbocycles. The van der Waals surface area contributed by atoms with Crippen LogP contribution >= 0.6 is 0 Å². The van der Waals surface area contributed by atoms with E-state index in [2.05, 4.69) is 0 Å². The van der Waals surface area contributed by atoms with Gasteiger partial charge in [0, 0.05) is 12.1 Å². The van der Waals surface area contributed by atoms with E-state index in [1.807, 2.05) is 0 Å². The maximum absolute atomic E-state index is 12.8. The van der Waals surface area contributed by atoms with Crippen LogP contribution in [0.3, 0.4) is 0 Å². The Morgan fingerprint density at radius 2 is 1.50 bits per heavy atom. The van der Waals surface area contributed by atoms with Crippen molar-refractivity contribution in [1.29, 1.82) is 0 Å². The second-order valence-electron chi connectivity index (χ2n) is 5.13. The maximum atomic E-state index is 12.8. The predicted molar refractivity (Wildman–Crippen MR) is 96.9 cm³/mol. The summed E-state index contributed by atoms with van der Waals surface area (Å²) in [6, 6.07) is 10.6. The molecule has 8 heteroatoms. The van der Waals surface area contributed by atoms with Crippen LogP contribution in [0.1, 0.15) is 5.56 Å². The number of benzene rings is 2. The van der Waals surface area contributed by atoms with Crippen LogP contribution < -0.4 is 19.9 Å². The van der Waals surface area contributed by atoms with Crippen LogP contribution in [0.15, 0.2) is 52.3 Å². The van der Waals surface area contributed by atoms with Gasteiger partial charge >= 0.3 is 0 Å². The molecule has 2 rings (SSSR count). The van der Waals surface area contributed by atoms with Gasteiger partial charge in [-0.3, -0.25) is 4.79 Å². The molecule has 0 fully saturated rings. The first kappa shape index (κ1) is 19.3. The zero-order chi connectivity index (χ0) is 19.3. The second kappa shape index (κ2) is 7.92. The van der Waals surface area contributed by atoms with Crippen molar-refractivity contribution < 1.29 is 27.4 Å². The van der Waals surface area contributed by atoms with Crippen molar-refractivity contribution >= 4 is 21.8 Å². The van der Waals surface area contributed by atoms with Gasteiger partial charge in [0.1, 0.15) is 22.2 Å². The van der Waals surface area contributed by atoms with Gasteiger partial charge in [0.2, 0.25) is 9.84 Å². The summed E-state index contributed by atoms with van der Waals surface area (Å²) in [6.07, 6.45) is 1.14. The number of nitrogens with two attached hydrogens (primary N) is 1. The Morgan fingerprint density at radius 1 is 0.962 bits per heavy atom. The third-order valence-electron chi connectivity index (χ3n) is 3.61. The molecule has 138 valence electrons. The third-order valence-corrected chi connectivity index (χ3v) is 5.41. The van der Waals surface area contributed by atoms with Crippen molar-refractivity contribution in [2.45, 2.75) is 4.90 Å². The Kier molecular flexibility index (Phi) is 5.89. The number of carbonyl (C=O) groups excluding carboxylic acids is 1. The first-order valence-electron chi connectivity index (χ1n) is 7.46. The van der Waals surface area contributed by atoms with Gasteiger partial charge in [0.15, 0.2) is 0 Å². The van der Waals surface area contributed by atoms with E-state index in [1.54, 1.807) is 30.3 Å². The summed E-state index contributed by atoms with van der Waals surface area (Å²) in [5.41, 5.74) is 5.61. The zero-order valence-electron chi connectivity index (χ0n) is 14.6. The number of rotatable bonds is 7. The molecule has 0 unspecified atom stereocenters. The second-order valence-corrected chi connectivity index (χ2v) is 7.05. The molecule has 26 heavy (non-hydrogen) atoms. The van der Waals surface area contributed by atoms with Gasteiger partial charge in [-0.1, -0.05) is 18.2 Å². The van der Waals surface area contributed by atoms with Crippen molar-refractivity contribution in [2.24, 2.45) is 5.73 Å². The number of hydrogen-bond donors (Lipinski definition) is 1. The van der Waals surface area contributed by atoms with Crippen LogP contribution in [0.25, 0.3) is 6.08 Å². The SMILES string of the molecule is COc1cc(OC)c(C=C(C(N)=O)S(=O)(=O)c2ccccc2)c(OC)c1. The highest BCUT2D eigenvalue weighted by atomic mass is 32.2. The lowest BCUT2D eigenvalue weighted by Crippen LogP contribution is -2.21. The summed E-state index contributed by atoms with van der Waals surface area (Å²) in [4.78, 5) is 11.3. The first-order chi connectivity index (χ1) is 12.3. The van der Waals surface area contributed by atoms with E-state index in [1.165, 1.54) is 33.5 Å². The lowest BCUT2D eigenvalue weighted by molar-refractivity contribution is -0.113. The van der Waals surface area contributed by atoms with Gasteiger partial charge in [0.25, 0.3) is 5.91 Å². The molecular weight excluding hydrogens is 358 g/mol. The molecule has 0 spiro atoms. The van der Waals surface area contributed by atoms with Gasteiger partial charge in [-0.2, -0.15) is 0 Å². The molecule has 0 saturated heterocycles. The highest BCUT2D eigenvalue weighted by Gasteiger charge is 2.26. The summed E-state index contributed by atoms with van der Waals surface area (Å²) in [7, 11) is 0.159. The number of ether oxygens (including phenoxy) is 3. The summed E-state index contributed by atoms with van der Waals surface area (Å²) in [6.45, 7) is 0. The molecule has 0 bridgehead atoms. The van der Waals surface area contributed by atoms with Gasteiger partial charge in [-0.15, -0.1) is 0 Å². The fraction of sp³-hybridized carbons (Fsp3) is 0.167. The first-order valence-corrected chi connectivity index (χ1v) is 8.95. The summed E-state index contributed by atoms with van der Waals surface area (Å²) in [5, 5.41) is 0. The Morgan fingerprint density at radius 3 is 1.92 bits per heavy atom. The highest BCUT2D eigenvalue weighted by molar-refractivity contribution is 7.96. The summed E-state index contributed by atoms with van der Waals surface area (Å²) >= 11 is 0. The fourth-order valence-electron chi connectivity index (χ4n) is 2.31. The Labute approximate surface area is 151 Å². The van der Waals surface area contributed by atoms with Gasteiger partial charge in [-0.05, 0) is 18.2 Å².